The average Bonchev–Trinajstić information content (AvgIpc) is 3.36. The van der Waals surface area contributed by atoms with E-state index >= 15 is 0 Å². The molecule has 0 spiro atoms. The van der Waals surface area contributed by atoms with E-state index in [4.69, 9.17) is 0 Å². The van der Waals surface area contributed by atoms with Gasteiger partial charge in [-0.15, -0.1) is 24.0 Å². The van der Waals surface area contributed by atoms with E-state index < -0.39 is 12.7 Å². The maximum atomic E-state index is 12.6. The summed E-state index contributed by atoms with van der Waals surface area (Å²) in [6.07, 6.45) is 0.305. The first-order chi connectivity index (χ1) is 14.4. The zero-order chi connectivity index (χ0) is 21.4. The number of aliphatic imine (C=N–C) groups is 1. The summed E-state index contributed by atoms with van der Waals surface area (Å²) in [6, 6.07) is 10.0. The van der Waals surface area contributed by atoms with Gasteiger partial charge in [0.2, 0.25) is 0 Å². The van der Waals surface area contributed by atoms with Crippen LogP contribution in [0.5, 0.6) is 0 Å². The van der Waals surface area contributed by atoms with Gasteiger partial charge in [-0.05, 0) is 43.0 Å². The first-order valence-corrected chi connectivity index (χ1v) is 10.3. The fourth-order valence-corrected chi connectivity index (χ4v) is 3.66. The number of guanidine groups is 1. The van der Waals surface area contributed by atoms with Crippen molar-refractivity contribution in [2.45, 2.75) is 32.6 Å². The number of rotatable bonds is 8. The van der Waals surface area contributed by atoms with Gasteiger partial charge in [0.1, 0.15) is 0 Å². The molecule has 1 unspecified atom stereocenters. The van der Waals surface area contributed by atoms with Crippen molar-refractivity contribution in [2.75, 3.05) is 32.7 Å². The van der Waals surface area contributed by atoms with E-state index in [0.717, 1.165) is 17.5 Å². The minimum absolute atomic E-state index is 0. The summed E-state index contributed by atoms with van der Waals surface area (Å²) in [7, 11) is 0. The first-order valence-electron chi connectivity index (χ1n) is 10.3. The first kappa shape index (κ1) is 25.4. The van der Waals surface area contributed by atoms with Crippen LogP contribution in [-0.2, 0) is 13.1 Å². The number of halogens is 4. The van der Waals surface area contributed by atoms with E-state index in [1.807, 2.05) is 36.0 Å². The molecule has 6 nitrogen and oxygen atoms in total. The molecular weight excluding hydrogens is 520 g/mol. The predicted octanol–water partition coefficient (Wildman–Crippen LogP) is 3.49. The van der Waals surface area contributed by atoms with E-state index in [2.05, 4.69) is 32.9 Å². The zero-order valence-corrected chi connectivity index (χ0v) is 19.9. The molecule has 1 aromatic heterocycles. The summed E-state index contributed by atoms with van der Waals surface area (Å²) in [5, 5.41) is 10.8. The molecule has 1 fully saturated rings. The van der Waals surface area contributed by atoms with Crippen LogP contribution in [0.4, 0.5) is 13.2 Å². The Morgan fingerprint density at radius 3 is 2.65 bits per heavy atom. The molecule has 0 bridgehead atoms. The van der Waals surface area contributed by atoms with Gasteiger partial charge >= 0.3 is 6.18 Å². The van der Waals surface area contributed by atoms with Gasteiger partial charge in [-0.1, -0.05) is 24.3 Å². The van der Waals surface area contributed by atoms with Gasteiger partial charge in [0.15, 0.2) is 5.96 Å². The number of aromatic nitrogens is 2. The van der Waals surface area contributed by atoms with Gasteiger partial charge in [-0.25, -0.2) is 4.99 Å². The third kappa shape index (κ3) is 8.68. The highest BCUT2D eigenvalue weighted by Gasteiger charge is 2.34. The van der Waals surface area contributed by atoms with Crippen LogP contribution in [0.25, 0.3) is 0 Å². The summed E-state index contributed by atoms with van der Waals surface area (Å²) in [5.74, 6) is 0.865. The lowest BCUT2D eigenvalue weighted by atomic mass is 10.1. The molecule has 2 aromatic rings. The van der Waals surface area contributed by atoms with Gasteiger partial charge < -0.3 is 10.6 Å². The maximum Gasteiger partial charge on any atom is 0.401 e. The van der Waals surface area contributed by atoms with Gasteiger partial charge in [-0.3, -0.25) is 9.58 Å². The summed E-state index contributed by atoms with van der Waals surface area (Å²) >= 11 is 0. The second kappa shape index (κ2) is 12.3. The quantitative estimate of drug-likeness (QED) is 0.300. The molecule has 0 saturated carbocycles. The number of benzene rings is 1. The second-order valence-corrected chi connectivity index (χ2v) is 7.55. The second-order valence-electron chi connectivity index (χ2n) is 7.55. The van der Waals surface area contributed by atoms with E-state index in [1.54, 1.807) is 6.20 Å². The van der Waals surface area contributed by atoms with Crippen molar-refractivity contribution in [1.29, 1.82) is 0 Å². The zero-order valence-electron chi connectivity index (χ0n) is 17.6. The predicted molar refractivity (Wildman–Crippen MR) is 127 cm³/mol. The molecule has 1 aromatic carbocycles. The highest BCUT2D eigenvalue weighted by molar-refractivity contribution is 14.0. The van der Waals surface area contributed by atoms with E-state index in [9.17, 15) is 13.2 Å². The third-order valence-corrected chi connectivity index (χ3v) is 5.09. The molecule has 1 aliphatic heterocycles. The summed E-state index contributed by atoms with van der Waals surface area (Å²) in [5.41, 5.74) is 2.27. The van der Waals surface area contributed by atoms with E-state index in [-0.39, 0.29) is 29.9 Å². The minimum Gasteiger partial charge on any atom is -0.357 e. The van der Waals surface area contributed by atoms with Gasteiger partial charge in [0.25, 0.3) is 0 Å². The molecule has 1 saturated heterocycles. The van der Waals surface area contributed by atoms with Crippen molar-refractivity contribution >= 4 is 29.9 Å². The molecule has 2 heterocycles. The Morgan fingerprint density at radius 1 is 1.19 bits per heavy atom. The van der Waals surface area contributed by atoms with Crippen LogP contribution in [-0.4, -0.2) is 59.5 Å². The number of nitrogens with zero attached hydrogens (tertiary/aromatic N) is 4. The van der Waals surface area contributed by atoms with Crippen molar-refractivity contribution in [2.24, 2.45) is 10.9 Å². The van der Waals surface area contributed by atoms with Crippen molar-refractivity contribution in [1.82, 2.24) is 25.3 Å². The smallest absolute Gasteiger partial charge is 0.357 e. The van der Waals surface area contributed by atoms with Crippen LogP contribution >= 0.6 is 24.0 Å². The fraction of sp³-hybridized carbons (Fsp3) is 0.524. The molecule has 10 heteroatoms. The van der Waals surface area contributed by atoms with Gasteiger partial charge in [0, 0.05) is 32.0 Å². The highest BCUT2D eigenvalue weighted by atomic mass is 127. The molecule has 0 amide bonds. The maximum absolute atomic E-state index is 12.6. The molecule has 31 heavy (non-hydrogen) atoms. The molecule has 172 valence electrons. The molecule has 3 rings (SSSR count). The Labute approximate surface area is 198 Å². The van der Waals surface area contributed by atoms with Crippen molar-refractivity contribution < 1.29 is 13.2 Å². The highest BCUT2D eigenvalue weighted by Crippen LogP contribution is 2.22. The van der Waals surface area contributed by atoms with E-state index in [1.165, 1.54) is 4.90 Å². The third-order valence-electron chi connectivity index (χ3n) is 5.09. The van der Waals surface area contributed by atoms with Crippen LogP contribution in [0, 0.1) is 5.92 Å². The fourth-order valence-electron chi connectivity index (χ4n) is 3.66. The van der Waals surface area contributed by atoms with E-state index in [0.29, 0.717) is 45.2 Å². The lowest BCUT2D eigenvalue weighted by Gasteiger charge is -2.18. The Kier molecular flexibility index (Phi) is 10.1. The molecule has 1 aliphatic rings. The molecular formula is C21H30F3IN6. The molecule has 0 aliphatic carbocycles. The van der Waals surface area contributed by atoms with Gasteiger partial charge in [-0.2, -0.15) is 18.3 Å². The number of alkyl halides is 3. The Morgan fingerprint density at radius 2 is 1.97 bits per heavy atom. The summed E-state index contributed by atoms with van der Waals surface area (Å²) in [6.45, 7) is 4.62. The standard InChI is InChI=1S/C21H29F3N6.HI/c1-2-25-20(26-12-17-8-11-29(14-17)16-21(22,23)24)27-13-18-6-3-4-7-19(18)15-30-10-5-9-28-30;/h3-7,9-10,17H,2,8,11-16H2,1H3,(H2,25,26,27);1H. The van der Waals surface area contributed by atoms with Crippen LogP contribution < -0.4 is 10.6 Å². The summed E-state index contributed by atoms with van der Waals surface area (Å²) < 4.78 is 39.6. The minimum atomic E-state index is -4.14. The Balaban J connectivity index is 0.00000341. The SMILES string of the molecule is CCNC(=NCc1ccccc1Cn1cccn1)NCC1CCN(CC(F)(F)F)C1.I. The van der Waals surface area contributed by atoms with Gasteiger partial charge in [0.05, 0.1) is 19.6 Å². The molecule has 1 atom stereocenters. The Hall–Kier alpha value is -1.82. The topological polar surface area (TPSA) is 57.5 Å². The largest absolute Gasteiger partial charge is 0.401 e. The molecule has 0 radical (unpaired) electrons. The number of likely N-dealkylation sites (tertiary alicyclic amines) is 1. The Bertz CT molecular complexity index is 810. The van der Waals surface area contributed by atoms with Crippen LogP contribution in [0.3, 0.4) is 0 Å². The van der Waals surface area contributed by atoms with Crippen molar-refractivity contribution in [3.05, 3.63) is 53.9 Å². The normalized spacial score (nSPS) is 17.4. The number of nitrogens with one attached hydrogen (secondary N) is 2. The summed E-state index contributed by atoms with van der Waals surface area (Å²) in [4.78, 5) is 6.16. The monoisotopic (exact) mass is 550 g/mol. The van der Waals surface area contributed by atoms with Crippen LogP contribution in [0.2, 0.25) is 0 Å². The lowest BCUT2D eigenvalue weighted by molar-refractivity contribution is -0.143. The van der Waals surface area contributed by atoms with Crippen molar-refractivity contribution in [3.63, 3.8) is 0 Å². The average molecular weight is 550 g/mol. The van der Waals surface area contributed by atoms with Crippen molar-refractivity contribution in [3.8, 4) is 0 Å². The number of hydrogen-bond acceptors (Lipinski definition) is 3. The molecule has 2 N–H and O–H groups in total. The number of hydrogen-bond donors (Lipinski definition) is 2. The lowest BCUT2D eigenvalue weighted by Crippen LogP contribution is -2.40. The van der Waals surface area contributed by atoms with Crippen LogP contribution in [0.1, 0.15) is 24.5 Å². The van der Waals surface area contributed by atoms with Crippen LogP contribution in [0.15, 0.2) is 47.7 Å².